The summed E-state index contributed by atoms with van der Waals surface area (Å²) < 4.78 is 43.0. The Morgan fingerprint density at radius 1 is 1.22 bits per heavy atom. The molecule has 0 amide bonds. The van der Waals surface area contributed by atoms with Crippen molar-refractivity contribution in [3.63, 3.8) is 0 Å². The average Bonchev–Trinajstić information content (AvgIpc) is 2.24. The number of fused-ring (bicyclic) bond motifs is 1. The van der Waals surface area contributed by atoms with E-state index >= 15 is 0 Å². The maximum absolute atomic E-state index is 12.5. The molecule has 2 rings (SSSR count). The lowest BCUT2D eigenvalue weighted by atomic mass is 9.88. The second-order valence-corrected chi connectivity index (χ2v) is 4.85. The van der Waals surface area contributed by atoms with Crippen LogP contribution >= 0.6 is 0 Å². The van der Waals surface area contributed by atoms with Gasteiger partial charge in [-0.2, -0.15) is 13.2 Å². The van der Waals surface area contributed by atoms with Gasteiger partial charge in [0, 0.05) is 5.56 Å². The third-order valence-electron chi connectivity index (χ3n) is 3.04. The Labute approximate surface area is 102 Å². The van der Waals surface area contributed by atoms with E-state index in [4.69, 9.17) is 4.74 Å². The SMILES string of the molecule is CC1(C)Oc2ccc(C(F)(F)F)cc2[C@@H](O)[C@H]1O. The van der Waals surface area contributed by atoms with Crippen molar-refractivity contribution in [3.8, 4) is 5.75 Å². The molecule has 1 aliphatic rings. The summed E-state index contributed by atoms with van der Waals surface area (Å²) in [4.78, 5) is 0. The van der Waals surface area contributed by atoms with E-state index < -0.39 is 29.5 Å². The number of halogens is 3. The molecule has 100 valence electrons. The van der Waals surface area contributed by atoms with Crippen molar-refractivity contribution in [3.05, 3.63) is 29.3 Å². The number of benzene rings is 1. The molecule has 0 radical (unpaired) electrons. The van der Waals surface area contributed by atoms with Crippen molar-refractivity contribution in [1.29, 1.82) is 0 Å². The van der Waals surface area contributed by atoms with E-state index in [1.165, 1.54) is 0 Å². The van der Waals surface area contributed by atoms with Crippen LogP contribution in [0.25, 0.3) is 0 Å². The molecule has 1 heterocycles. The van der Waals surface area contributed by atoms with Crippen molar-refractivity contribution < 1.29 is 28.1 Å². The van der Waals surface area contributed by atoms with E-state index in [0.717, 1.165) is 18.2 Å². The van der Waals surface area contributed by atoms with Crippen LogP contribution in [0.3, 0.4) is 0 Å². The number of alkyl halides is 3. The van der Waals surface area contributed by atoms with Gasteiger partial charge in [0.2, 0.25) is 0 Å². The summed E-state index contributed by atoms with van der Waals surface area (Å²) in [6, 6.07) is 2.85. The van der Waals surface area contributed by atoms with Gasteiger partial charge in [-0.3, -0.25) is 0 Å². The van der Waals surface area contributed by atoms with Crippen LogP contribution in [-0.4, -0.2) is 21.9 Å². The molecule has 1 aromatic rings. The predicted octanol–water partition coefficient (Wildman–Crippen LogP) is 2.27. The van der Waals surface area contributed by atoms with E-state index in [2.05, 4.69) is 0 Å². The zero-order valence-corrected chi connectivity index (χ0v) is 9.82. The Hall–Kier alpha value is -1.27. The largest absolute Gasteiger partial charge is 0.485 e. The van der Waals surface area contributed by atoms with Crippen molar-refractivity contribution in [2.75, 3.05) is 0 Å². The van der Waals surface area contributed by atoms with Crippen molar-refractivity contribution in [2.45, 2.75) is 37.8 Å². The summed E-state index contributed by atoms with van der Waals surface area (Å²) in [6.07, 6.45) is -7.17. The first kappa shape index (κ1) is 13.2. The fourth-order valence-corrected chi connectivity index (χ4v) is 1.94. The number of aliphatic hydroxyl groups is 2. The summed E-state index contributed by atoms with van der Waals surface area (Å²) in [6.45, 7) is 3.11. The fourth-order valence-electron chi connectivity index (χ4n) is 1.94. The lowest BCUT2D eigenvalue weighted by Gasteiger charge is -2.40. The van der Waals surface area contributed by atoms with Crippen LogP contribution in [0.15, 0.2) is 18.2 Å². The number of hydrogen-bond acceptors (Lipinski definition) is 3. The summed E-state index contributed by atoms with van der Waals surface area (Å²) in [5.74, 6) is 0.158. The highest BCUT2D eigenvalue weighted by Gasteiger charge is 2.43. The van der Waals surface area contributed by atoms with Gasteiger partial charge in [0.05, 0.1) is 5.56 Å². The molecule has 1 aliphatic heterocycles. The lowest BCUT2D eigenvalue weighted by Crippen LogP contribution is -2.48. The Bertz CT molecular complexity index is 468. The summed E-state index contributed by atoms with van der Waals surface area (Å²) >= 11 is 0. The molecule has 1 aromatic carbocycles. The van der Waals surface area contributed by atoms with Gasteiger partial charge in [0.25, 0.3) is 0 Å². The Morgan fingerprint density at radius 3 is 2.39 bits per heavy atom. The molecule has 0 aromatic heterocycles. The van der Waals surface area contributed by atoms with E-state index in [9.17, 15) is 23.4 Å². The van der Waals surface area contributed by atoms with E-state index in [0.29, 0.717) is 0 Å². The molecule has 0 saturated carbocycles. The maximum Gasteiger partial charge on any atom is 0.416 e. The first-order valence-electron chi connectivity index (χ1n) is 5.39. The normalized spacial score (nSPS) is 26.4. The molecular weight excluding hydrogens is 249 g/mol. The molecule has 0 aliphatic carbocycles. The standard InChI is InChI=1S/C12H13F3O3/c1-11(2)10(17)9(16)7-5-6(12(13,14)15)3-4-8(7)18-11/h3-5,9-10,16-17H,1-2H3/t9-,10-/m1/s1. The van der Waals surface area contributed by atoms with Gasteiger partial charge >= 0.3 is 6.18 Å². The lowest BCUT2D eigenvalue weighted by molar-refractivity contribution is -0.138. The molecule has 0 unspecified atom stereocenters. The number of aliphatic hydroxyl groups excluding tert-OH is 2. The van der Waals surface area contributed by atoms with Gasteiger partial charge in [0.15, 0.2) is 0 Å². The quantitative estimate of drug-likeness (QED) is 0.754. The van der Waals surface area contributed by atoms with Crippen molar-refractivity contribution in [2.24, 2.45) is 0 Å². The molecule has 6 heteroatoms. The number of rotatable bonds is 0. The molecule has 18 heavy (non-hydrogen) atoms. The predicted molar refractivity (Wildman–Crippen MR) is 57.1 cm³/mol. The minimum Gasteiger partial charge on any atom is -0.485 e. The molecular formula is C12H13F3O3. The van der Waals surface area contributed by atoms with Gasteiger partial charge in [-0.1, -0.05) is 0 Å². The highest BCUT2D eigenvalue weighted by molar-refractivity contribution is 5.42. The molecule has 0 fully saturated rings. The first-order chi connectivity index (χ1) is 8.13. The van der Waals surface area contributed by atoms with E-state index in [1.807, 2.05) is 0 Å². The average molecular weight is 262 g/mol. The van der Waals surface area contributed by atoms with Gasteiger partial charge < -0.3 is 14.9 Å². The zero-order valence-electron chi connectivity index (χ0n) is 9.82. The van der Waals surface area contributed by atoms with Crippen LogP contribution in [0.1, 0.15) is 31.1 Å². The number of ether oxygens (including phenoxy) is 1. The van der Waals surface area contributed by atoms with E-state index in [-0.39, 0.29) is 11.3 Å². The molecule has 0 spiro atoms. The molecule has 0 bridgehead atoms. The molecule has 0 saturated heterocycles. The molecule has 3 nitrogen and oxygen atoms in total. The van der Waals surface area contributed by atoms with E-state index in [1.54, 1.807) is 13.8 Å². The summed E-state index contributed by atoms with van der Waals surface area (Å²) in [5, 5.41) is 19.6. The third kappa shape index (κ3) is 2.06. The molecule has 2 atom stereocenters. The Kier molecular flexibility index (Phi) is 2.82. The highest BCUT2D eigenvalue weighted by atomic mass is 19.4. The maximum atomic E-state index is 12.5. The number of hydrogen-bond donors (Lipinski definition) is 2. The summed E-state index contributed by atoms with van der Waals surface area (Å²) in [5.41, 5.74) is -1.97. The monoisotopic (exact) mass is 262 g/mol. The van der Waals surface area contributed by atoms with Crippen LogP contribution in [0.5, 0.6) is 5.75 Å². The van der Waals surface area contributed by atoms with Crippen LogP contribution in [0.2, 0.25) is 0 Å². The second kappa shape index (κ2) is 3.86. The van der Waals surface area contributed by atoms with Crippen molar-refractivity contribution >= 4 is 0 Å². The molecule has 2 N–H and O–H groups in total. The first-order valence-corrected chi connectivity index (χ1v) is 5.39. The third-order valence-corrected chi connectivity index (χ3v) is 3.04. The minimum absolute atomic E-state index is 0.0448. The highest BCUT2D eigenvalue weighted by Crippen LogP contribution is 2.42. The van der Waals surface area contributed by atoms with Gasteiger partial charge in [-0.25, -0.2) is 0 Å². The fraction of sp³-hybridized carbons (Fsp3) is 0.500. The minimum atomic E-state index is -4.49. The zero-order chi connectivity index (χ0) is 13.7. The second-order valence-electron chi connectivity index (χ2n) is 4.85. The van der Waals surface area contributed by atoms with Gasteiger partial charge in [-0.05, 0) is 32.0 Å². The van der Waals surface area contributed by atoms with Crippen LogP contribution in [-0.2, 0) is 6.18 Å². The topological polar surface area (TPSA) is 49.7 Å². The van der Waals surface area contributed by atoms with Gasteiger partial charge in [-0.15, -0.1) is 0 Å². The van der Waals surface area contributed by atoms with Crippen molar-refractivity contribution in [1.82, 2.24) is 0 Å². The summed E-state index contributed by atoms with van der Waals surface area (Å²) in [7, 11) is 0. The van der Waals surface area contributed by atoms with Crippen LogP contribution < -0.4 is 4.74 Å². The Balaban J connectivity index is 2.49. The smallest absolute Gasteiger partial charge is 0.416 e. The van der Waals surface area contributed by atoms with Crippen LogP contribution in [0, 0.1) is 0 Å². The van der Waals surface area contributed by atoms with Gasteiger partial charge in [0.1, 0.15) is 23.6 Å². The Morgan fingerprint density at radius 2 is 1.83 bits per heavy atom. The van der Waals surface area contributed by atoms with Crippen LogP contribution in [0.4, 0.5) is 13.2 Å².